The Labute approximate surface area is 447 Å². The number of hydrogen-bond acceptors (Lipinski definition) is 8. The monoisotopic (exact) mass is 1030 g/mol. The number of unbranched alkanes of at least 4 members (excludes halogenated alkanes) is 14. The highest BCUT2D eigenvalue weighted by atomic mass is 31.2. The van der Waals surface area contributed by atoms with Gasteiger partial charge in [-0.15, -0.1) is 0 Å². The Hall–Kier alpha value is -3.85. The fourth-order valence-electron chi connectivity index (χ4n) is 7.03. The minimum Gasteiger partial charge on any atom is -0.756 e. The summed E-state index contributed by atoms with van der Waals surface area (Å²) in [5.41, 5.74) is 0. The maximum atomic E-state index is 12.8. The summed E-state index contributed by atoms with van der Waals surface area (Å²) in [6, 6.07) is 0. The topological polar surface area (TPSA) is 111 Å². The molecule has 0 heterocycles. The standard InChI is InChI=1S/C63H104NO8P/c1-6-8-10-12-14-16-18-20-21-22-23-24-25-26-27-28-29-30-31-32-33-34-35-36-37-38-39-40-41-42-43-44-46-48-50-52-54-56-63(66)72-61(60-71-73(67,68)70-58-57-64(3,4)5)59-69-62(65)55-53-51-49-47-45-19-17-15-13-11-9-7-2/h8,10,14-17,20-21,23-24,26-27,29-30,32-33,35-36,38-39,41-42,61H,6-7,9,11-13,18-19,22,25,28,31,34,37,40,43-60H2,1-5H3/b10-8-,16-14-,17-15-,21-20-,24-23-,27-26-,30-29-,33-32-,36-35-,39-38-,42-41-. The van der Waals surface area contributed by atoms with Crippen LogP contribution in [-0.4, -0.2) is 70.0 Å². The average molecular weight is 1030 g/mol. The van der Waals surface area contributed by atoms with Crippen LogP contribution in [0.4, 0.5) is 0 Å². The van der Waals surface area contributed by atoms with Crippen LogP contribution in [0.5, 0.6) is 0 Å². The highest BCUT2D eigenvalue weighted by molar-refractivity contribution is 7.45. The summed E-state index contributed by atoms with van der Waals surface area (Å²) < 4.78 is 34.0. The van der Waals surface area contributed by atoms with E-state index >= 15 is 0 Å². The maximum Gasteiger partial charge on any atom is 0.306 e. The lowest BCUT2D eigenvalue weighted by atomic mass is 10.1. The second-order valence-electron chi connectivity index (χ2n) is 19.6. The number of carbonyl (C=O) groups is 2. The molecule has 0 N–H and O–H groups in total. The van der Waals surface area contributed by atoms with E-state index in [1.165, 1.54) is 19.3 Å². The molecule has 0 radical (unpaired) electrons. The second-order valence-corrected chi connectivity index (χ2v) is 21.0. The van der Waals surface area contributed by atoms with Crippen molar-refractivity contribution >= 4 is 19.8 Å². The number of phosphoric ester groups is 1. The molecule has 414 valence electrons. The average Bonchev–Trinajstić information content (AvgIpc) is 3.35. The molecule has 10 heteroatoms. The molecule has 0 spiro atoms. The van der Waals surface area contributed by atoms with Crippen LogP contribution in [0.2, 0.25) is 0 Å². The van der Waals surface area contributed by atoms with Crippen molar-refractivity contribution in [3.63, 3.8) is 0 Å². The first-order valence-corrected chi connectivity index (χ1v) is 29.9. The quantitative estimate of drug-likeness (QED) is 0.0195. The lowest BCUT2D eigenvalue weighted by Gasteiger charge is -2.28. The molecule has 0 saturated heterocycles. The Morgan fingerprint density at radius 3 is 1.18 bits per heavy atom. The van der Waals surface area contributed by atoms with Crippen molar-refractivity contribution in [1.29, 1.82) is 0 Å². The number of allylic oxidation sites excluding steroid dienone is 22. The Bertz CT molecular complexity index is 1690. The van der Waals surface area contributed by atoms with Gasteiger partial charge < -0.3 is 27.9 Å². The molecular formula is C63H104NO8P. The van der Waals surface area contributed by atoms with Crippen molar-refractivity contribution in [3.8, 4) is 0 Å². The molecule has 0 aliphatic rings. The summed E-state index contributed by atoms with van der Waals surface area (Å²) in [4.78, 5) is 37.7. The number of esters is 2. The smallest absolute Gasteiger partial charge is 0.306 e. The van der Waals surface area contributed by atoms with Gasteiger partial charge >= 0.3 is 11.9 Å². The molecule has 0 rings (SSSR count). The van der Waals surface area contributed by atoms with Gasteiger partial charge in [0, 0.05) is 12.8 Å². The third kappa shape index (κ3) is 57.3. The zero-order valence-corrected chi connectivity index (χ0v) is 47.7. The molecule has 0 aromatic rings. The molecule has 0 aromatic heterocycles. The number of likely N-dealkylation sites (N-methyl/N-ethyl adjacent to an activating group) is 1. The van der Waals surface area contributed by atoms with Gasteiger partial charge in [-0.2, -0.15) is 0 Å². The lowest BCUT2D eigenvalue weighted by Crippen LogP contribution is -2.37. The first-order valence-electron chi connectivity index (χ1n) is 28.4. The van der Waals surface area contributed by atoms with Crippen molar-refractivity contribution in [3.05, 3.63) is 134 Å². The molecule has 0 amide bonds. The molecule has 0 fully saturated rings. The van der Waals surface area contributed by atoms with Gasteiger partial charge in [0.2, 0.25) is 0 Å². The molecule has 0 aliphatic heterocycles. The Morgan fingerprint density at radius 1 is 0.438 bits per heavy atom. The minimum absolute atomic E-state index is 0.0421. The molecular weight excluding hydrogens is 930 g/mol. The van der Waals surface area contributed by atoms with E-state index in [0.717, 1.165) is 141 Å². The van der Waals surface area contributed by atoms with Crippen LogP contribution in [-0.2, 0) is 32.7 Å². The van der Waals surface area contributed by atoms with Gasteiger partial charge in [0.05, 0.1) is 27.7 Å². The van der Waals surface area contributed by atoms with Gasteiger partial charge in [-0.3, -0.25) is 14.2 Å². The number of phosphoric acid groups is 1. The molecule has 73 heavy (non-hydrogen) atoms. The van der Waals surface area contributed by atoms with Gasteiger partial charge in [-0.25, -0.2) is 0 Å². The van der Waals surface area contributed by atoms with Gasteiger partial charge in [0.25, 0.3) is 7.82 Å². The third-order valence-corrected chi connectivity index (χ3v) is 12.4. The first kappa shape index (κ1) is 69.2. The van der Waals surface area contributed by atoms with Crippen molar-refractivity contribution in [2.45, 2.75) is 206 Å². The van der Waals surface area contributed by atoms with Crippen molar-refractivity contribution in [2.75, 3.05) is 47.5 Å². The summed E-state index contributed by atoms with van der Waals surface area (Å²) in [7, 11) is 1.13. The SMILES string of the molecule is CC/C=C\C/C=C\C/C=C\C/C=C\C/C=C\C/C=C\C/C=C\C/C=C\C/C=C\C/C=C\CCCCCCCCC(=O)OC(COC(=O)CCCCCCC/C=C\CCCCC)COP(=O)([O-])OCC[N+](C)(C)C. The van der Waals surface area contributed by atoms with Crippen LogP contribution < -0.4 is 4.89 Å². The van der Waals surface area contributed by atoms with E-state index in [4.69, 9.17) is 18.5 Å². The molecule has 0 aromatic carbocycles. The number of carbonyl (C=O) groups excluding carboxylic acids is 2. The molecule has 0 saturated carbocycles. The Kier molecular flexibility index (Phi) is 50.2. The minimum atomic E-state index is -4.65. The van der Waals surface area contributed by atoms with Crippen molar-refractivity contribution < 1.29 is 42.1 Å². The number of hydrogen-bond donors (Lipinski definition) is 0. The summed E-state index contributed by atoms with van der Waals surface area (Å²) in [5, 5.41) is 0. The van der Waals surface area contributed by atoms with Crippen LogP contribution in [0.25, 0.3) is 0 Å². The molecule has 2 unspecified atom stereocenters. The lowest BCUT2D eigenvalue weighted by molar-refractivity contribution is -0.870. The Morgan fingerprint density at radius 2 is 0.781 bits per heavy atom. The van der Waals surface area contributed by atoms with Crippen LogP contribution in [0.15, 0.2) is 134 Å². The van der Waals surface area contributed by atoms with E-state index < -0.39 is 32.5 Å². The zero-order valence-electron chi connectivity index (χ0n) is 46.8. The largest absolute Gasteiger partial charge is 0.756 e. The van der Waals surface area contributed by atoms with Gasteiger partial charge in [0.1, 0.15) is 19.8 Å². The van der Waals surface area contributed by atoms with E-state index in [1.54, 1.807) is 0 Å². The molecule has 0 bridgehead atoms. The van der Waals surface area contributed by atoms with Crippen molar-refractivity contribution in [2.24, 2.45) is 0 Å². The molecule has 9 nitrogen and oxygen atoms in total. The van der Waals surface area contributed by atoms with E-state index in [0.29, 0.717) is 23.9 Å². The number of nitrogens with zero attached hydrogens (tertiary/aromatic N) is 1. The second kappa shape index (κ2) is 53.0. The van der Waals surface area contributed by atoms with Gasteiger partial charge in [0.15, 0.2) is 6.10 Å². The Balaban J connectivity index is 4.18. The fraction of sp³-hybridized carbons (Fsp3) is 0.619. The summed E-state index contributed by atoms with van der Waals surface area (Å²) in [5.74, 6) is -0.872. The highest BCUT2D eigenvalue weighted by Crippen LogP contribution is 2.38. The van der Waals surface area contributed by atoms with E-state index in [1.807, 2.05) is 21.1 Å². The van der Waals surface area contributed by atoms with E-state index in [2.05, 4.69) is 148 Å². The summed E-state index contributed by atoms with van der Waals surface area (Å²) in [6.07, 6.45) is 76.5. The number of rotatable bonds is 50. The fourth-order valence-corrected chi connectivity index (χ4v) is 7.76. The van der Waals surface area contributed by atoms with Crippen molar-refractivity contribution in [1.82, 2.24) is 0 Å². The normalized spacial score (nSPS) is 14.3. The first-order chi connectivity index (χ1) is 35.5. The van der Waals surface area contributed by atoms with Gasteiger partial charge in [-0.1, -0.05) is 205 Å². The van der Waals surface area contributed by atoms with Gasteiger partial charge in [-0.05, 0) is 116 Å². The zero-order chi connectivity index (χ0) is 53.5. The van der Waals surface area contributed by atoms with Crippen LogP contribution in [0, 0.1) is 0 Å². The third-order valence-electron chi connectivity index (χ3n) is 11.4. The van der Waals surface area contributed by atoms with E-state index in [9.17, 15) is 19.0 Å². The summed E-state index contributed by atoms with van der Waals surface area (Å²) in [6.45, 7) is 4.04. The molecule has 0 aliphatic carbocycles. The number of ether oxygens (including phenoxy) is 2. The predicted molar refractivity (Wildman–Crippen MR) is 309 cm³/mol. The van der Waals surface area contributed by atoms with Crippen LogP contribution in [0.3, 0.4) is 0 Å². The predicted octanol–water partition coefficient (Wildman–Crippen LogP) is 17.1. The highest BCUT2D eigenvalue weighted by Gasteiger charge is 2.21. The molecule has 2 atom stereocenters. The summed E-state index contributed by atoms with van der Waals surface area (Å²) >= 11 is 0. The van der Waals surface area contributed by atoms with E-state index in [-0.39, 0.29) is 26.1 Å². The van der Waals surface area contributed by atoms with Crippen LogP contribution >= 0.6 is 7.82 Å². The maximum absolute atomic E-state index is 12.8. The van der Waals surface area contributed by atoms with Crippen LogP contribution in [0.1, 0.15) is 200 Å². The number of quaternary nitrogens is 1.